The SMILES string of the molecule is O=C(O)N[C@H]1CCN(c2cccc(C(=O)Nc3cc4oc(N5CCOCC5)nc4nc3N3CCCCC3)n2)C1. The predicted octanol–water partition coefficient (Wildman–Crippen LogP) is 2.54. The molecule has 206 valence electrons. The smallest absolute Gasteiger partial charge is 0.404 e. The van der Waals surface area contributed by atoms with Crippen molar-refractivity contribution in [3.63, 3.8) is 0 Å². The Morgan fingerprint density at radius 3 is 2.56 bits per heavy atom. The largest absolute Gasteiger partial charge is 0.465 e. The number of anilines is 4. The Morgan fingerprint density at radius 1 is 0.949 bits per heavy atom. The summed E-state index contributed by atoms with van der Waals surface area (Å²) in [7, 11) is 0. The highest BCUT2D eigenvalue weighted by Crippen LogP contribution is 2.32. The lowest BCUT2D eigenvalue weighted by atomic mass is 10.1. The number of nitrogens with zero attached hydrogens (tertiary/aromatic N) is 6. The van der Waals surface area contributed by atoms with Crippen LogP contribution in [0.15, 0.2) is 28.7 Å². The van der Waals surface area contributed by atoms with Crippen LogP contribution in [0, 0.1) is 0 Å². The van der Waals surface area contributed by atoms with Crippen LogP contribution in [0.3, 0.4) is 0 Å². The van der Waals surface area contributed by atoms with Gasteiger partial charge in [0.05, 0.1) is 24.9 Å². The molecule has 3 aromatic rings. The maximum atomic E-state index is 13.4. The molecule has 0 saturated carbocycles. The van der Waals surface area contributed by atoms with Crippen molar-refractivity contribution in [1.82, 2.24) is 20.3 Å². The summed E-state index contributed by atoms with van der Waals surface area (Å²) in [6.45, 7) is 5.48. The van der Waals surface area contributed by atoms with E-state index in [1.807, 2.05) is 15.9 Å². The fourth-order valence-electron chi connectivity index (χ4n) is 5.34. The van der Waals surface area contributed by atoms with Crippen molar-refractivity contribution >= 4 is 46.6 Å². The monoisotopic (exact) mass is 536 g/mol. The molecule has 3 aliphatic rings. The third-order valence-electron chi connectivity index (χ3n) is 7.34. The number of nitrogens with one attached hydrogen (secondary N) is 2. The van der Waals surface area contributed by atoms with Crippen LogP contribution in [0.1, 0.15) is 36.2 Å². The molecule has 3 fully saturated rings. The zero-order valence-electron chi connectivity index (χ0n) is 21.6. The van der Waals surface area contributed by atoms with Crippen molar-refractivity contribution < 1.29 is 23.8 Å². The Morgan fingerprint density at radius 2 is 1.77 bits per heavy atom. The number of carboxylic acid groups (broad SMARTS) is 1. The summed E-state index contributed by atoms with van der Waals surface area (Å²) >= 11 is 0. The second-order valence-electron chi connectivity index (χ2n) is 10.0. The molecule has 2 amide bonds. The molecule has 3 aliphatic heterocycles. The zero-order chi connectivity index (χ0) is 26.8. The Hall–Kier alpha value is -4.13. The van der Waals surface area contributed by atoms with Gasteiger partial charge in [0.1, 0.15) is 11.5 Å². The molecule has 0 unspecified atom stereocenters. The van der Waals surface area contributed by atoms with Crippen molar-refractivity contribution in [3.05, 3.63) is 30.0 Å². The summed E-state index contributed by atoms with van der Waals surface area (Å²) in [5, 5.41) is 14.6. The van der Waals surface area contributed by atoms with Crippen LogP contribution >= 0.6 is 0 Å². The van der Waals surface area contributed by atoms with Gasteiger partial charge in [-0.2, -0.15) is 4.98 Å². The number of rotatable bonds is 6. The number of carbonyl (C=O) groups excluding carboxylic acids is 1. The van der Waals surface area contributed by atoms with Gasteiger partial charge in [-0.25, -0.2) is 14.8 Å². The van der Waals surface area contributed by atoms with E-state index in [0.717, 1.165) is 25.9 Å². The van der Waals surface area contributed by atoms with Crippen LogP contribution in [0.2, 0.25) is 0 Å². The Labute approximate surface area is 225 Å². The fraction of sp³-hybridized carbons (Fsp3) is 0.500. The standard InChI is InChI=1S/C26H32N8O5/c35-24(18-5-4-6-21(28-18)34-10-7-17(16-34)27-26(36)37)29-19-15-20-22(30-23(19)32-8-2-1-3-9-32)31-25(39-20)33-11-13-38-14-12-33/h4-6,15,17,27H,1-3,7-14,16H2,(H,29,35)(H,36,37)/t17-/m0/s1. The second kappa shape index (κ2) is 10.9. The molecule has 0 spiro atoms. The van der Waals surface area contributed by atoms with E-state index < -0.39 is 6.09 Å². The molecule has 3 N–H and O–H groups in total. The Balaban J connectivity index is 1.26. The van der Waals surface area contributed by atoms with Gasteiger partial charge < -0.3 is 39.6 Å². The normalized spacial score (nSPS) is 19.9. The van der Waals surface area contributed by atoms with E-state index in [2.05, 4.69) is 25.5 Å². The van der Waals surface area contributed by atoms with Crippen LogP contribution in [0.5, 0.6) is 0 Å². The van der Waals surface area contributed by atoms with Crippen molar-refractivity contribution in [1.29, 1.82) is 0 Å². The van der Waals surface area contributed by atoms with Gasteiger partial charge in [-0.15, -0.1) is 0 Å². The number of pyridine rings is 2. The molecule has 0 aromatic carbocycles. The number of fused-ring (bicyclic) bond motifs is 1. The summed E-state index contributed by atoms with van der Waals surface area (Å²) in [6.07, 6.45) is 2.92. The van der Waals surface area contributed by atoms with Gasteiger partial charge in [0, 0.05) is 45.3 Å². The Bertz CT molecular complexity index is 1350. The summed E-state index contributed by atoms with van der Waals surface area (Å²) in [4.78, 5) is 44.7. The van der Waals surface area contributed by atoms with Crippen molar-refractivity contribution in [3.8, 4) is 0 Å². The maximum absolute atomic E-state index is 13.4. The van der Waals surface area contributed by atoms with Crippen LogP contribution in [-0.2, 0) is 4.74 Å². The fourth-order valence-corrected chi connectivity index (χ4v) is 5.34. The van der Waals surface area contributed by atoms with Crippen LogP contribution in [-0.4, -0.2) is 90.6 Å². The van der Waals surface area contributed by atoms with E-state index in [1.165, 1.54) is 6.42 Å². The van der Waals surface area contributed by atoms with E-state index in [-0.39, 0.29) is 17.6 Å². The molecular weight excluding hydrogens is 504 g/mol. The predicted molar refractivity (Wildman–Crippen MR) is 145 cm³/mol. The van der Waals surface area contributed by atoms with Crippen LogP contribution in [0.25, 0.3) is 11.2 Å². The van der Waals surface area contributed by atoms with Gasteiger partial charge in [0.25, 0.3) is 11.9 Å². The molecule has 39 heavy (non-hydrogen) atoms. The average Bonchev–Trinajstić information content (AvgIpc) is 3.60. The molecule has 13 heteroatoms. The van der Waals surface area contributed by atoms with Crippen molar-refractivity contribution in [2.75, 3.05) is 72.5 Å². The molecule has 1 atom stereocenters. The molecule has 0 bridgehead atoms. The number of ether oxygens (including phenoxy) is 1. The van der Waals surface area contributed by atoms with E-state index in [4.69, 9.17) is 19.2 Å². The lowest BCUT2D eigenvalue weighted by Crippen LogP contribution is -2.36. The van der Waals surface area contributed by atoms with Crippen molar-refractivity contribution in [2.45, 2.75) is 31.7 Å². The maximum Gasteiger partial charge on any atom is 0.404 e. The minimum Gasteiger partial charge on any atom is -0.465 e. The molecule has 3 saturated heterocycles. The molecular formula is C26H32N8O5. The molecule has 0 radical (unpaired) electrons. The molecule has 6 heterocycles. The molecule has 13 nitrogen and oxygen atoms in total. The number of hydrogen-bond acceptors (Lipinski definition) is 10. The summed E-state index contributed by atoms with van der Waals surface area (Å²) in [6, 6.07) is 7.41. The molecule has 0 aliphatic carbocycles. The average molecular weight is 537 g/mol. The first kappa shape index (κ1) is 25.2. The first-order valence-corrected chi connectivity index (χ1v) is 13.5. The third-order valence-corrected chi connectivity index (χ3v) is 7.34. The van der Waals surface area contributed by atoms with Gasteiger partial charge in [-0.3, -0.25) is 4.79 Å². The first-order valence-electron chi connectivity index (χ1n) is 13.5. The minimum absolute atomic E-state index is 0.170. The van der Waals surface area contributed by atoms with E-state index in [1.54, 1.807) is 18.2 Å². The highest BCUT2D eigenvalue weighted by atomic mass is 16.5. The summed E-state index contributed by atoms with van der Waals surface area (Å²) in [5.41, 5.74) is 1.83. The number of piperidine rings is 1. The lowest BCUT2D eigenvalue weighted by molar-refractivity contribution is 0.102. The highest BCUT2D eigenvalue weighted by Gasteiger charge is 2.26. The third kappa shape index (κ3) is 5.53. The van der Waals surface area contributed by atoms with E-state index in [9.17, 15) is 9.59 Å². The van der Waals surface area contributed by atoms with Gasteiger partial charge in [-0.05, 0) is 37.8 Å². The van der Waals surface area contributed by atoms with Gasteiger partial charge in [0.2, 0.25) is 5.65 Å². The highest BCUT2D eigenvalue weighted by molar-refractivity contribution is 6.05. The number of morpholine rings is 1. The number of hydrogen-bond donors (Lipinski definition) is 3. The first-order chi connectivity index (χ1) is 19.0. The van der Waals surface area contributed by atoms with Gasteiger partial charge in [0.15, 0.2) is 11.4 Å². The lowest BCUT2D eigenvalue weighted by Gasteiger charge is -2.29. The van der Waals surface area contributed by atoms with Crippen molar-refractivity contribution in [2.24, 2.45) is 0 Å². The van der Waals surface area contributed by atoms with E-state index >= 15 is 0 Å². The molecule has 3 aromatic heterocycles. The number of oxazole rings is 1. The van der Waals surface area contributed by atoms with Crippen LogP contribution in [0.4, 0.5) is 28.1 Å². The minimum atomic E-state index is -1.04. The zero-order valence-corrected chi connectivity index (χ0v) is 21.6. The topological polar surface area (TPSA) is 149 Å². The van der Waals surface area contributed by atoms with E-state index in [0.29, 0.717) is 80.4 Å². The van der Waals surface area contributed by atoms with Gasteiger partial charge in [-0.1, -0.05) is 6.07 Å². The summed E-state index contributed by atoms with van der Waals surface area (Å²) < 4.78 is 11.5. The number of aromatic nitrogens is 3. The number of amides is 2. The van der Waals surface area contributed by atoms with Crippen LogP contribution < -0.4 is 25.3 Å². The Kier molecular flexibility index (Phi) is 7.05. The summed E-state index contributed by atoms with van der Waals surface area (Å²) in [5.74, 6) is 0.951. The van der Waals surface area contributed by atoms with Gasteiger partial charge >= 0.3 is 6.09 Å². The quantitative estimate of drug-likeness (QED) is 0.427. The number of carbonyl (C=O) groups is 2. The molecule has 6 rings (SSSR count). The second-order valence-corrected chi connectivity index (χ2v) is 10.0.